The van der Waals surface area contributed by atoms with E-state index in [2.05, 4.69) is 17.4 Å². The highest BCUT2D eigenvalue weighted by Crippen LogP contribution is 1.91. The lowest BCUT2D eigenvalue weighted by Gasteiger charge is -2.02. The van der Waals surface area contributed by atoms with Gasteiger partial charge in [0.05, 0.1) is 6.61 Å². The maximum Gasteiger partial charge on any atom is 0.345 e. The summed E-state index contributed by atoms with van der Waals surface area (Å²) in [6, 6.07) is 0. The summed E-state index contributed by atoms with van der Waals surface area (Å²) in [5, 5.41) is 16.5. The van der Waals surface area contributed by atoms with Crippen LogP contribution in [0.1, 0.15) is 0 Å². The van der Waals surface area contributed by atoms with Gasteiger partial charge < -0.3 is 14.9 Å². The third-order valence-electron chi connectivity index (χ3n) is 0.546. The summed E-state index contributed by atoms with van der Waals surface area (Å²) >= 11 is 3.37. The predicted octanol–water partition coefficient (Wildman–Crippen LogP) is -1.23. The molecule has 0 rings (SSSR count). The molecule has 0 spiro atoms. The zero-order valence-electron chi connectivity index (χ0n) is 4.65. The molecular weight excluding hydrogens is 144 g/mol. The average Bonchev–Trinajstić information content (AvgIpc) is 1.82. The molecule has 4 nitrogen and oxygen atoms in total. The molecule has 0 bridgehead atoms. The highest BCUT2D eigenvalue weighted by Gasteiger charge is 2.09. The van der Waals surface area contributed by atoms with Crippen LogP contribution in [0.4, 0.5) is 0 Å². The van der Waals surface area contributed by atoms with Gasteiger partial charge in [-0.25, -0.2) is 4.79 Å². The summed E-state index contributed by atoms with van der Waals surface area (Å²) < 4.78 is 4.24. The number of carbonyl (C=O) groups excluding carboxylic acids is 1. The summed E-state index contributed by atoms with van der Waals surface area (Å²) in [6.45, 7) is -0.345. The minimum Gasteiger partial charge on any atom is -0.461 e. The van der Waals surface area contributed by atoms with Crippen molar-refractivity contribution in [1.29, 1.82) is 0 Å². The van der Waals surface area contributed by atoms with Gasteiger partial charge in [0.25, 0.3) is 0 Å². The Hall–Kier alpha value is -0.260. The van der Waals surface area contributed by atoms with Crippen molar-refractivity contribution >= 4 is 18.6 Å². The number of hydrogen-bond acceptors (Lipinski definition) is 5. The van der Waals surface area contributed by atoms with Crippen molar-refractivity contribution in [3.63, 3.8) is 0 Å². The first-order valence-corrected chi connectivity index (χ1v) is 2.83. The fourth-order valence-electron chi connectivity index (χ4n) is 0.221. The van der Waals surface area contributed by atoms with Crippen molar-refractivity contribution in [2.45, 2.75) is 5.44 Å². The molecule has 0 aromatic heterocycles. The highest BCUT2D eigenvalue weighted by atomic mass is 32.1. The maximum atomic E-state index is 10.2. The number of rotatable bonds is 3. The molecule has 1 atom stereocenters. The molecule has 0 saturated heterocycles. The first-order valence-electron chi connectivity index (χ1n) is 2.32. The largest absolute Gasteiger partial charge is 0.461 e. The van der Waals surface area contributed by atoms with Crippen LogP contribution in [0.5, 0.6) is 0 Å². The van der Waals surface area contributed by atoms with Gasteiger partial charge in [0.15, 0.2) is 5.44 Å². The number of aliphatic hydroxyl groups is 2. The van der Waals surface area contributed by atoms with E-state index in [1.807, 2.05) is 0 Å². The quantitative estimate of drug-likeness (QED) is 0.269. The molecule has 0 aliphatic rings. The lowest BCUT2D eigenvalue weighted by Crippen LogP contribution is -2.18. The molecule has 0 aromatic rings. The molecular formula is C4H8O4S. The third-order valence-corrected chi connectivity index (χ3v) is 0.757. The van der Waals surface area contributed by atoms with Gasteiger partial charge in [-0.3, -0.25) is 0 Å². The van der Waals surface area contributed by atoms with Gasteiger partial charge in [-0.15, -0.1) is 12.6 Å². The molecule has 0 fully saturated rings. The van der Waals surface area contributed by atoms with Crippen LogP contribution in [0.2, 0.25) is 0 Å². The van der Waals surface area contributed by atoms with Gasteiger partial charge in [0.1, 0.15) is 6.61 Å². The van der Waals surface area contributed by atoms with E-state index in [4.69, 9.17) is 10.2 Å². The molecule has 0 aliphatic heterocycles. The van der Waals surface area contributed by atoms with E-state index in [-0.39, 0.29) is 13.2 Å². The summed E-state index contributed by atoms with van der Waals surface area (Å²) in [6.07, 6.45) is 0. The standard InChI is InChI=1S/C4H8O4S/c5-1-2-8-3(6)4(7)9/h4-5,7,9H,1-2H2. The Morgan fingerprint density at radius 3 is 2.67 bits per heavy atom. The van der Waals surface area contributed by atoms with Crippen molar-refractivity contribution in [1.82, 2.24) is 0 Å². The van der Waals surface area contributed by atoms with Gasteiger partial charge >= 0.3 is 5.97 Å². The van der Waals surface area contributed by atoms with Gasteiger partial charge in [-0.05, 0) is 0 Å². The van der Waals surface area contributed by atoms with Crippen LogP contribution in [-0.4, -0.2) is 34.8 Å². The summed E-state index contributed by atoms with van der Waals surface area (Å²) in [5.74, 6) is -0.840. The molecule has 0 aliphatic carbocycles. The zero-order valence-corrected chi connectivity index (χ0v) is 5.54. The van der Waals surface area contributed by atoms with Crippen molar-refractivity contribution < 1.29 is 19.7 Å². The van der Waals surface area contributed by atoms with E-state index >= 15 is 0 Å². The van der Waals surface area contributed by atoms with Crippen LogP contribution in [0.3, 0.4) is 0 Å². The number of aliphatic hydroxyl groups excluding tert-OH is 2. The minimum atomic E-state index is -1.41. The van der Waals surface area contributed by atoms with Gasteiger partial charge in [0, 0.05) is 0 Å². The Kier molecular flexibility index (Phi) is 4.47. The minimum absolute atomic E-state index is 0.101. The summed E-state index contributed by atoms with van der Waals surface area (Å²) in [5.41, 5.74) is -1.41. The Balaban J connectivity index is 3.28. The van der Waals surface area contributed by atoms with E-state index in [0.717, 1.165) is 0 Å². The van der Waals surface area contributed by atoms with Crippen molar-refractivity contribution in [3.05, 3.63) is 0 Å². The predicted molar refractivity (Wildman–Crippen MR) is 33.0 cm³/mol. The third kappa shape index (κ3) is 4.26. The smallest absolute Gasteiger partial charge is 0.345 e. The Morgan fingerprint density at radius 2 is 2.33 bits per heavy atom. The van der Waals surface area contributed by atoms with Crippen LogP contribution in [-0.2, 0) is 9.53 Å². The molecule has 0 amide bonds. The van der Waals surface area contributed by atoms with E-state index in [9.17, 15) is 4.79 Å². The van der Waals surface area contributed by atoms with Crippen molar-refractivity contribution in [2.75, 3.05) is 13.2 Å². The summed E-state index contributed by atoms with van der Waals surface area (Å²) in [4.78, 5) is 10.2. The molecule has 54 valence electrons. The number of carbonyl (C=O) groups is 1. The van der Waals surface area contributed by atoms with E-state index in [0.29, 0.717) is 0 Å². The Morgan fingerprint density at radius 1 is 1.78 bits per heavy atom. The van der Waals surface area contributed by atoms with Gasteiger partial charge in [0.2, 0.25) is 0 Å². The van der Waals surface area contributed by atoms with Crippen molar-refractivity contribution in [3.8, 4) is 0 Å². The average molecular weight is 152 g/mol. The molecule has 0 saturated carbocycles. The van der Waals surface area contributed by atoms with Crippen LogP contribution in [0.25, 0.3) is 0 Å². The SMILES string of the molecule is O=C(OCCO)C(O)S. The number of ether oxygens (including phenoxy) is 1. The monoisotopic (exact) mass is 152 g/mol. The fourth-order valence-corrected chi connectivity index (χ4v) is 0.295. The molecule has 2 N–H and O–H groups in total. The molecule has 0 aromatic carbocycles. The highest BCUT2D eigenvalue weighted by molar-refractivity contribution is 7.81. The van der Waals surface area contributed by atoms with E-state index in [1.54, 1.807) is 0 Å². The molecule has 1 unspecified atom stereocenters. The number of thiol groups is 1. The Bertz CT molecular complexity index is 92.6. The van der Waals surface area contributed by atoms with Crippen LogP contribution >= 0.6 is 12.6 Å². The first kappa shape index (κ1) is 8.74. The Labute approximate surface area is 57.9 Å². The molecule has 0 heterocycles. The van der Waals surface area contributed by atoms with Crippen LogP contribution in [0.15, 0.2) is 0 Å². The second-order valence-corrected chi connectivity index (χ2v) is 1.75. The lowest BCUT2D eigenvalue weighted by molar-refractivity contribution is -0.149. The second-order valence-electron chi connectivity index (χ2n) is 1.26. The number of hydrogen-bond donors (Lipinski definition) is 3. The van der Waals surface area contributed by atoms with Gasteiger partial charge in [-0.1, -0.05) is 0 Å². The van der Waals surface area contributed by atoms with Crippen LogP contribution < -0.4 is 0 Å². The van der Waals surface area contributed by atoms with Gasteiger partial charge in [-0.2, -0.15) is 0 Å². The number of esters is 1. The first-order chi connectivity index (χ1) is 4.18. The van der Waals surface area contributed by atoms with E-state index < -0.39 is 11.4 Å². The topological polar surface area (TPSA) is 66.8 Å². The zero-order chi connectivity index (χ0) is 7.28. The second kappa shape index (κ2) is 4.60. The van der Waals surface area contributed by atoms with Crippen LogP contribution in [0, 0.1) is 0 Å². The maximum absolute atomic E-state index is 10.2. The normalized spacial score (nSPS) is 12.8. The van der Waals surface area contributed by atoms with E-state index in [1.165, 1.54) is 0 Å². The fraction of sp³-hybridized carbons (Fsp3) is 0.750. The lowest BCUT2D eigenvalue weighted by atomic mass is 10.7. The summed E-state index contributed by atoms with van der Waals surface area (Å²) in [7, 11) is 0. The molecule has 0 radical (unpaired) electrons. The van der Waals surface area contributed by atoms with Crippen molar-refractivity contribution in [2.24, 2.45) is 0 Å². The molecule has 5 heteroatoms. The molecule has 9 heavy (non-hydrogen) atoms.